The van der Waals surface area contributed by atoms with Crippen molar-refractivity contribution < 1.29 is 13.2 Å². The second-order valence-corrected chi connectivity index (χ2v) is 8.28. The molecule has 2 fully saturated rings. The van der Waals surface area contributed by atoms with Gasteiger partial charge in [-0.3, -0.25) is 4.79 Å². The Kier molecular flexibility index (Phi) is 4.19. The van der Waals surface area contributed by atoms with E-state index in [4.69, 9.17) is 16.7 Å². The van der Waals surface area contributed by atoms with Crippen molar-refractivity contribution in [2.24, 2.45) is 5.14 Å². The van der Waals surface area contributed by atoms with Crippen LogP contribution in [0, 0.1) is 0 Å². The largest absolute Gasteiger partial charge is 0.351 e. The van der Waals surface area contributed by atoms with Gasteiger partial charge in [-0.25, -0.2) is 23.5 Å². The van der Waals surface area contributed by atoms with E-state index in [0.29, 0.717) is 49.7 Å². The number of hydrogen-bond acceptors (Lipinski definition) is 6. The van der Waals surface area contributed by atoms with E-state index in [0.717, 1.165) is 0 Å². The normalized spacial score (nSPS) is 21.0. The first kappa shape index (κ1) is 16.4. The number of primary sulfonamides is 1. The molecule has 2 heterocycles. The Labute approximate surface area is 139 Å². The minimum absolute atomic E-state index is 0.130. The van der Waals surface area contributed by atoms with Crippen LogP contribution in [0.25, 0.3) is 0 Å². The minimum atomic E-state index is -3.85. The number of amides is 1. The number of nitrogens with zero attached hydrogens (tertiary/aromatic N) is 3. The number of aromatic nitrogens is 2. The molecule has 1 aromatic rings. The Bertz CT molecular complexity index is 697. The van der Waals surface area contributed by atoms with Gasteiger partial charge in [-0.15, -0.1) is 0 Å². The third-order valence-corrected chi connectivity index (χ3v) is 6.24. The standard InChI is InChI=1S/C13H18ClN5O3S/c14-9-7-16-12(17-8-9)18-10-1-5-19(6-2-10)11(20)13(3-4-13)23(15,21)22/h7-8,10H,1-6H2,(H2,15,21,22)(H,16,17,18). The van der Waals surface area contributed by atoms with Gasteiger partial charge in [0.1, 0.15) is 0 Å². The van der Waals surface area contributed by atoms with E-state index in [-0.39, 0.29) is 11.9 Å². The van der Waals surface area contributed by atoms with Gasteiger partial charge in [-0.1, -0.05) is 11.6 Å². The molecule has 1 aliphatic carbocycles. The quantitative estimate of drug-likeness (QED) is 0.801. The Morgan fingerprint density at radius 1 is 1.30 bits per heavy atom. The molecule has 1 amide bonds. The highest BCUT2D eigenvalue weighted by Gasteiger charge is 2.61. The molecular weight excluding hydrogens is 342 g/mol. The van der Waals surface area contributed by atoms with Gasteiger partial charge in [0.15, 0.2) is 4.75 Å². The predicted octanol–water partition coefficient (Wildman–Crippen LogP) is 0.354. The summed E-state index contributed by atoms with van der Waals surface area (Å²) in [7, 11) is -3.85. The van der Waals surface area contributed by atoms with Crippen molar-refractivity contribution in [3.63, 3.8) is 0 Å². The van der Waals surface area contributed by atoms with Gasteiger partial charge in [0.25, 0.3) is 0 Å². The Morgan fingerprint density at radius 3 is 2.35 bits per heavy atom. The summed E-state index contributed by atoms with van der Waals surface area (Å²) >= 11 is 5.74. The highest BCUT2D eigenvalue weighted by Crippen LogP contribution is 2.44. The monoisotopic (exact) mass is 359 g/mol. The average Bonchev–Trinajstić information content (AvgIpc) is 3.31. The van der Waals surface area contributed by atoms with Crippen molar-refractivity contribution in [1.82, 2.24) is 14.9 Å². The number of likely N-dealkylation sites (tertiary alicyclic amines) is 1. The summed E-state index contributed by atoms with van der Waals surface area (Å²) in [6, 6.07) is 0.130. The van der Waals surface area contributed by atoms with Crippen LogP contribution in [0.3, 0.4) is 0 Å². The maximum atomic E-state index is 12.4. The van der Waals surface area contributed by atoms with Crippen LogP contribution in [0.1, 0.15) is 25.7 Å². The zero-order valence-corrected chi connectivity index (χ0v) is 14.0. The van der Waals surface area contributed by atoms with Crippen LogP contribution in [-0.2, 0) is 14.8 Å². The van der Waals surface area contributed by atoms with Crippen molar-refractivity contribution in [2.75, 3.05) is 18.4 Å². The van der Waals surface area contributed by atoms with Gasteiger partial charge < -0.3 is 10.2 Å². The zero-order valence-electron chi connectivity index (χ0n) is 12.4. The van der Waals surface area contributed by atoms with E-state index in [9.17, 15) is 13.2 Å². The molecule has 0 bridgehead atoms. The van der Waals surface area contributed by atoms with Gasteiger partial charge in [0.05, 0.1) is 17.4 Å². The molecule has 23 heavy (non-hydrogen) atoms. The number of nitrogens with one attached hydrogen (secondary N) is 1. The molecular formula is C13H18ClN5O3S. The summed E-state index contributed by atoms with van der Waals surface area (Å²) in [5, 5.41) is 8.87. The molecule has 8 nitrogen and oxygen atoms in total. The molecule has 0 aromatic carbocycles. The number of anilines is 1. The first-order chi connectivity index (χ1) is 10.8. The molecule has 0 spiro atoms. The smallest absolute Gasteiger partial charge is 0.245 e. The van der Waals surface area contributed by atoms with Crippen LogP contribution in [0.4, 0.5) is 5.95 Å². The van der Waals surface area contributed by atoms with Crippen molar-refractivity contribution in [3.8, 4) is 0 Å². The van der Waals surface area contributed by atoms with Crippen molar-refractivity contribution in [2.45, 2.75) is 36.5 Å². The van der Waals surface area contributed by atoms with E-state index in [1.807, 2.05) is 0 Å². The first-order valence-corrected chi connectivity index (χ1v) is 9.30. The Balaban J connectivity index is 1.56. The number of carbonyl (C=O) groups excluding carboxylic acids is 1. The summed E-state index contributed by atoms with van der Waals surface area (Å²) in [6.07, 6.45) is 5.05. The van der Waals surface area contributed by atoms with E-state index < -0.39 is 14.8 Å². The number of piperidine rings is 1. The number of rotatable bonds is 4. The van der Waals surface area contributed by atoms with Crippen LogP contribution >= 0.6 is 11.6 Å². The molecule has 1 saturated carbocycles. The lowest BCUT2D eigenvalue weighted by atomic mass is 10.0. The van der Waals surface area contributed by atoms with Crippen LogP contribution < -0.4 is 10.5 Å². The summed E-state index contributed by atoms with van der Waals surface area (Å²) in [4.78, 5) is 22.2. The first-order valence-electron chi connectivity index (χ1n) is 7.38. The van der Waals surface area contributed by atoms with Crippen LogP contribution in [0.2, 0.25) is 5.02 Å². The second-order valence-electron chi connectivity index (χ2n) is 5.98. The number of hydrogen-bond donors (Lipinski definition) is 2. The number of carbonyl (C=O) groups is 1. The van der Waals surface area contributed by atoms with Gasteiger partial charge in [0.2, 0.25) is 21.9 Å². The van der Waals surface area contributed by atoms with Crippen molar-refractivity contribution >= 4 is 33.5 Å². The molecule has 126 valence electrons. The molecule has 1 aliphatic heterocycles. The summed E-state index contributed by atoms with van der Waals surface area (Å²) < 4.78 is 21.9. The average molecular weight is 360 g/mol. The molecule has 1 aromatic heterocycles. The van der Waals surface area contributed by atoms with E-state index >= 15 is 0 Å². The van der Waals surface area contributed by atoms with Crippen molar-refractivity contribution in [1.29, 1.82) is 0 Å². The fourth-order valence-corrected chi connectivity index (χ4v) is 3.96. The van der Waals surface area contributed by atoms with Gasteiger partial charge in [0, 0.05) is 19.1 Å². The van der Waals surface area contributed by atoms with Gasteiger partial charge in [-0.2, -0.15) is 0 Å². The fraction of sp³-hybridized carbons (Fsp3) is 0.615. The molecule has 2 aliphatic rings. The maximum Gasteiger partial charge on any atom is 0.245 e. The lowest BCUT2D eigenvalue weighted by Crippen LogP contribution is -2.51. The summed E-state index contributed by atoms with van der Waals surface area (Å²) in [5.74, 6) is 0.128. The molecule has 0 radical (unpaired) electrons. The lowest BCUT2D eigenvalue weighted by molar-refractivity contribution is -0.132. The highest BCUT2D eigenvalue weighted by atomic mass is 35.5. The SMILES string of the molecule is NS(=O)(=O)C1(C(=O)N2CCC(Nc3ncc(Cl)cn3)CC2)CC1. The molecule has 3 N–H and O–H groups in total. The van der Waals surface area contributed by atoms with Gasteiger partial charge in [-0.05, 0) is 25.7 Å². The Morgan fingerprint density at radius 2 is 1.87 bits per heavy atom. The molecule has 10 heteroatoms. The third-order valence-electron chi connectivity index (χ3n) is 4.37. The summed E-state index contributed by atoms with van der Waals surface area (Å²) in [6.45, 7) is 0.975. The van der Waals surface area contributed by atoms with E-state index in [2.05, 4.69) is 15.3 Å². The van der Waals surface area contributed by atoms with Crippen LogP contribution in [-0.4, -0.2) is 53.1 Å². The van der Waals surface area contributed by atoms with E-state index in [1.54, 1.807) is 4.90 Å². The third kappa shape index (κ3) is 3.26. The molecule has 3 rings (SSSR count). The Hall–Kier alpha value is -1.45. The minimum Gasteiger partial charge on any atom is -0.351 e. The van der Waals surface area contributed by atoms with Gasteiger partial charge >= 0.3 is 0 Å². The lowest BCUT2D eigenvalue weighted by Gasteiger charge is -2.34. The van der Waals surface area contributed by atoms with Crippen LogP contribution in [0.5, 0.6) is 0 Å². The topological polar surface area (TPSA) is 118 Å². The predicted molar refractivity (Wildman–Crippen MR) is 85.3 cm³/mol. The summed E-state index contributed by atoms with van der Waals surface area (Å²) in [5.41, 5.74) is 0. The maximum absolute atomic E-state index is 12.4. The number of halogens is 1. The highest BCUT2D eigenvalue weighted by molar-refractivity contribution is 7.91. The van der Waals surface area contributed by atoms with E-state index in [1.165, 1.54) is 12.4 Å². The van der Waals surface area contributed by atoms with Crippen molar-refractivity contribution in [3.05, 3.63) is 17.4 Å². The zero-order chi connectivity index (χ0) is 16.7. The number of sulfonamides is 1. The molecule has 1 saturated heterocycles. The fourth-order valence-electron chi connectivity index (χ4n) is 2.82. The molecule has 0 atom stereocenters. The van der Waals surface area contributed by atoms with Crippen LogP contribution in [0.15, 0.2) is 12.4 Å². The second kappa shape index (κ2) is 5.88. The molecule has 0 unspecified atom stereocenters. The number of nitrogens with two attached hydrogens (primary N) is 1.